The molecular formula is C46H34N2O. The van der Waals surface area contributed by atoms with Crippen molar-refractivity contribution in [2.45, 2.75) is 26.2 Å². The number of rotatable bonds is 3. The van der Waals surface area contributed by atoms with Crippen molar-refractivity contribution in [1.82, 2.24) is 9.97 Å². The van der Waals surface area contributed by atoms with E-state index < -0.39 is 0 Å². The van der Waals surface area contributed by atoms with Crippen LogP contribution in [0.4, 0.5) is 0 Å². The number of aromatic nitrogens is 2. The second kappa shape index (κ2) is 11.3. The van der Waals surface area contributed by atoms with Crippen LogP contribution < -0.4 is 4.74 Å². The molecule has 0 aliphatic rings. The van der Waals surface area contributed by atoms with E-state index in [4.69, 9.17) is 14.7 Å². The molecule has 0 atom stereocenters. The fourth-order valence-electron chi connectivity index (χ4n) is 7.02. The summed E-state index contributed by atoms with van der Waals surface area (Å²) in [5, 5.41) is 12.5. The maximum absolute atomic E-state index is 6.67. The summed E-state index contributed by atoms with van der Waals surface area (Å²) in [4.78, 5) is 10.2. The highest BCUT2D eigenvalue weighted by molar-refractivity contribution is 6.13. The van der Waals surface area contributed by atoms with Gasteiger partial charge in [0.15, 0.2) is 0 Å². The Bertz CT molecular complexity index is 2790. The SMILES string of the molecule is CC(C)(C)c1cccc(-c2cccc(Oc3nc4cc5c3cccc5c3cccc(c3)c3ccc5cccc(c6cccc4c6)c5c3)n2)c1. The lowest BCUT2D eigenvalue weighted by Crippen LogP contribution is -2.10. The van der Waals surface area contributed by atoms with Crippen LogP contribution in [0.5, 0.6) is 11.8 Å². The lowest BCUT2D eigenvalue weighted by Gasteiger charge is -2.19. The van der Waals surface area contributed by atoms with E-state index in [1.807, 2.05) is 18.2 Å². The minimum Gasteiger partial charge on any atom is -0.420 e. The molecule has 0 aliphatic heterocycles. The molecule has 0 spiro atoms. The molecule has 0 saturated heterocycles. The standard InChI is InChI=1S/C46H34N2O/c1-46(2,3)36-16-6-15-35(26-36)42-20-9-21-44(47-42)49-45-39-19-8-18-38-32-12-4-11-30(24-32)31-23-22-29-10-7-17-37(40(29)27-31)33-13-5-14-34(25-33)43(48-45)28-41(38)39/h4-28H,1-3H3. The van der Waals surface area contributed by atoms with Gasteiger partial charge in [-0.05, 0) is 102 Å². The summed E-state index contributed by atoms with van der Waals surface area (Å²) in [6.07, 6.45) is 0. The van der Waals surface area contributed by atoms with Crippen LogP contribution >= 0.6 is 0 Å². The monoisotopic (exact) mass is 630 g/mol. The van der Waals surface area contributed by atoms with E-state index in [1.54, 1.807) is 0 Å². The van der Waals surface area contributed by atoms with Crippen molar-refractivity contribution in [1.29, 1.82) is 0 Å². The molecule has 2 aromatic heterocycles. The predicted octanol–water partition coefficient (Wildman–Crippen LogP) is 12.7. The molecule has 7 aromatic carbocycles. The number of pyridine rings is 2. The first-order chi connectivity index (χ1) is 23.9. The number of nitrogens with zero attached hydrogens (tertiary/aromatic N) is 2. The minimum atomic E-state index is 0.0381. The normalized spacial score (nSPS) is 12.0. The maximum atomic E-state index is 6.67. The summed E-state index contributed by atoms with van der Waals surface area (Å²) in [7, 11) is 0. The average Bonchev–Trinajstić information content (AvgIpc) is 3.14. The summed E-state index contributed by atoms with van der Waals surface area (Å²) in [5.74, 6) is 1.04. The quantitative estimate of drug-likeness (QED) is 0.195. The van der Waals surface area contributed by atoms with Crippen molar-refractivity contribution < 1.29 is 4.74 Å². The second-order valence-corrected chi connectivity index (χ2v) is 13.9. The Morgan fingerprint density at radius 2 is 1.04 bits per heavy atom. The van der Waals surface area contributed by atoms with E-state index in [2.05, 4.69) is 154 Å². The zero-order valence-corrected chi connectivity index (χ0v) is 27.7. The Hall–Kier alpha value is -6.06. The van der Waals surface area contributed by atoms with Gasteiger partial charge in [0.1, 0.15) is 0 Å². The molecule has 8 bridgehead atoms. The zero-order valence-electron chi connectivity index (χ0n) is 27.7. The van der Waals surface area contributed by atoms with Gasteiger partial charge in [0.25, 0.3) is 0 Å². The largest absolute Gasteiger partial charge is 0.420 e. The van der Waals surface area contributed by atoms with E-state index in [-0.39, 0.29) is 5.41 Å². The molecule has 3 heteroatoms. The first kappa shape index (κ1) is 29.1. The summed E-state index contributed by atoms with van der Waals surface area (Å²) >= 11 is 0. The molecule has 0 aliphatic carbocycles. The number of ether oxygens (including phenoxy) is 1. The Morgan fingerprint density at radius 3 is 1.88 bits per heavy atom. The summed E-state index contributed by atoms with van der Waals surface area (Å²) < 4.78 is 6.67. The Labute approximate surface area is 285 Å². The molecule has 0 radical (unpaired) electrons. The van der Waals surface area contributed by atoms with E-state index in [1.165, 1.54) is 32.5 Å². The molecule has 0 amide bonds. The molecule has 0 N–H and O–H groups in total. The van der Waals surface area contributed by atoms with Gasteiger partial charge < -0.3 is 4.74 Å². The van der Waals surface area contributed by atoms with Gasteiger partial charge in [0, 0.05) is 22.4 Å². The molecule has 3 nitrogen and oxygen atoms in total. The summed E-state index contributed by atoms with van der Waals surface area (Å²) in [6, 6.07) is 54.0. The molecule has 2 heterocycles. The van der Waals surface area contributed by atoms with Crippen molar-refractivity contribution in [3.05, 3.63) is 157 Å². The first-order valence-corrected chi connectivity index (χ1v) is 16.8. The number of fused-ring (bicyclic) bond motifs is 10. The van der Waals surface area contributed by atoms with E-state index >= 15 is 0 Å². The second-order valence-electron chi connectivity index (χ2n) is 13.9. The molecule has 9 aromatic rings. The smallest absolute Gasteiger partial charge is 0.229 e. The van der Waals surface area contributed by atoms with Crippen LogP contribution in [0.2, 0.25) is 0 Å². The number of hydrogen-bond donors (Lipinski definition) is 0. The van der Waals surface area contributed by atoms with E-state index in [0.29, 0.717) is 11.8 Å². The molecule has 0 fully saturated rings. The highest BCUT2D eigenvalue weighted by atomic mass is 16.5. The lowest BCUT2D eigenvalue weighted by atomic mass is 9.86. The van der Waals surface area contributed by atoms with Gasteiger partial charge in [-0.1, -0.05) is 124 Å². The Kier molecular flexibility index (Phi) is 6.70. The van der Waals surface area contributed by atoms with Crippen LogP contribution in [-0.4, -0.2) is 9.97 Å². The van der Waals surface area contributed by atoms with Gasteiger partial charge in [-0.3, -0.25) is 0 Å². The van der Waals surface area contributed by atoms with Crippen LogP contribution in [0.3, 0.4) is 0 Å². The van der Waals surface area contributed by atoms with Crippen LogP contribution in [0.15, 0.2) is 152 Å². The summed E-state index contributed by atoms with van der Waals surface area (Å²) in [5.41, 5.74) is 4.07. The molecular weight excluding hydrogens is 597 g/mol. The third kappa shape index (κ3) is 5.25. The first-order valence-electron chi connectivity index (χ1n) is 16.8. The van der Waals surface area contributed by atoms with Crippen molar-refractivity contribution in [2.75, 3.05) is 0 Å². The Balaban J connectivity index is 1.32. The van der Waals surface area contributed by atoms with Gasteiger partial charge >= 0.3 is 0 Å². The van der Waals surface area contributed by atoms with Gasteiger partial charge in [-0.25, -0.2) is 9.97 Å². The maximum Gasteiger partial charge on any atom is 0.229 e. The molecule has 234 valence electrons. The van der Waals surface area contributed by atoms with Crippen molar-refractivity contribution in [3.63, 3.8) is 0 Å². The average molecular weight is 631 g/mol. The van der Waals surface area contributed by atoms with Crippen LogP contribution in [0.25, 0.3) is 76.0 Å². The fourth-order valence-corrected chi connectivity index (χ4v) is 7.02. The van der Waals surface area contributed by atoms with Crippen LogP contribution in [-0.2, 0) is 5.41 Å². The highest BCUT2D eigenvalue weighted by Gasteiger charge is 2.16. The molecule has 0 unspecified atom stereocenters. The minimum absolute atomic E-state index is 0.0381. The van der Waals surface area contributed by atoms with Crippen LogP contribution in [0.1, 0.15) is 26.3 Å². The lowest BCUT2D eigenvalue weighted by molar-refractivity contribution is 0.453. The van der Waals surface area contributed by atoms with Crippen molar-refractivity contribution >= 4 is 64.8 Å². The van der Waals surface area contributed by atoms with Gasteiger partial charge in [0.2, 0.25) is 11.8 Å². The fraction of sp³-hybridized carbons (Fsp3) is 0.0870. The van der Waals surface area contributed by atoms with Gasteiger partial charge in [-0.15, -0.1) is 0 Å². The molecule has 9 rings (SSSR count). The molecule has 49 heavy (non-hydrogen) atoms. The van der Waals surface area contributed by atoms with E-state index in [9.17, 15) is 0 Å². The van der Waals surface area contributed by atoms with Gasteiger partial charge in [0.05, 0.1) is 11.2 Å². The highest BCUT2D eigenvalue weighted by Crippen LogP contribution is 2.36. The topological polar surface area (TPSA) is 35.0 Å². The third-order valence-electron chi connectivity index (χ3n) is 9.65. The number of hydrogen-bond acceptors (Lipinski definition) is 3. The summed E-state index contributed by atoms with van der Waals surface area (Å²) in [6.45, 7) is 6.69. The molecule has 0 saturated carbocycles. The van der Waals surface area contributed by atoms with Gasteiger partial charge in [-0.2, -0.15) is 0 Å². The van der Waals surface area contributed by atoms with Crippen LogP contribution in [0, 0.1) is 0 Å². The Morgan fingerprint density at radius 1 is 0.429 bits per heavy atom. The number of benzene rings is 6. The zero-order chi connectivity index (χ0) is 33.1. The predicted molar refractivity (Wildman–Crippen MR) is 207 cm³/mol. The third-order valence-corrected chi connectivity index (χ3v) is 9.65. The van der Waals surface area contributed by atoms with Crippen molar-refractivity contribution in [3.8, 4) is 23.0 Å². The van der Waals surface area contributed by atoms with E-state index in [0.717, 1.165) is 49.1 Å². The van der Waals surface area contributed by atoms with Crippen molar-refractivity contribution in [2.24, 2.45) is 0 Å².